The van der Waals surface area contributed by atoms with Gasteiger partial charge in [-0.2, -0.15) is 0 Å². The van der Waals surface area contributed by atoms with Crippen LogP contribution < -0.4 is 10.2 Å². The monoisotopic (exact) mass is 362 g/mol. The van der Waals surface area contributed by atoms with Crippen LogP contribution in [0.1, 0.15) is 30.3 Å². The van der Waals surface area contributed by atoms with Gasteiger partial charge in [0.2, 0.25) is 0 Å². The van der Waals surface area contributed by atoms with E-state index in [1.54, 1.807) is 6.07 Å². The molecule has 0 aliphatic carbocycles. The molecule has 0 fully saturated rings. The molecule has 0 saturated heterocycles. The number of aromatic nitrogens is 2. The van der Waals surface area contributed by atoms with E-state index in [9.17, 15) is 4.79 Å². The van der Waals surface area contributed by atoms with Crippen LogP contribution in [0.5, 0.6) is 0 Å². The van der Waals surface area contributed by atoms with E-state index in [0.717, 1.165) is 35.4 Å². The third-order valence-electron chi connectivity index (χ3n) is 3.21. The van der Waals surface area contributed by atoms with Crippen LogP contribution in [0.4, 0.5) is 11.5 Å². The highest BCUT2D eigenvalue weighted by atomic mass is 79.9. The Morgan fingerprint density at radius 3 is 2.86 bits per heavy atom. The zero-order chi connectivity index (χ0) is 15.9. The van der Waals surface area contributed by atoms with Gasteiger partial charge in [-0.05, 0) is 24.6 Å². The number of carbonyl (C=O) groups excluding carboxylic acids is 1. The molecule has 1 N–H and O–H groups in total. The summed E-state index contributed by atoms with van der Waals surface area (Å²) in [7, 11) is 1.97. The summed E-state index contributed by atoms with van der Waals surface area (Å²) in [6.07, 6.45) is 3.62. The van der Waals surface area contributed by atoms with Crippen LogP contribution in [0.3, 0.4) is 0 Å². The van der Waals surface area contributed by atoms with Crippen molar-refractivity contribution in [3.05, 3.63) is 46.8 Å². The molecule has 0 spiro atoms. The van der Waals surface area contributed by atoms with Gasteiger partial charge in [0, 0.05) is 29.8 Å². The predicted molar refractivity (Wildman–Crippen MR) is 92.3 cm³/mol. The number of nitrogens with zero attached hydrogens (tertiary/aromatic N) is 3. The second-order valence-electron chi connectivity index (χ2n) is 5.00. The van der Waals surface area contributed by atoms with Crippen molar-refractivity contribution >= 4 is 33.3 Å². The molecular formula is C16H19BrN4O. The fourth-order valence-electron chi connectivity index (χ4n) is 1.95. The van der Waals surface area contributed by atoms with Crippen molar-refractivity contribution in [1.29, 1.82) is 0 Å². The first-order valence-corrected chi connectivity index (χ1v) is 7.99. The number of unbranched alkanes of at least 4 members (excludes halogenated alkanes) is 1. The first-order valence-electron chi connectivity index (χ1n) is 7.20. The van der Waals surface area contributed by atoms with Crippen LogP contribution in [0, 0.1) is 0 Å². The van der Waals surface area contributed by atoms with Crippen molar-refractivity contribution in [3.63, 3.8) is 0 Å². The highest BCUT2D eigenvalue weighted by molar-refractivity contribution is 9.10. The number of rotatable bonds is 6. The Bertz CT molecular complexity index is 648. The summed E-state index contributed by atoms with van der Waals surface area (Å²) in [4.78, 5) is 22.6. The van der Waals surface area contributed by atoms with Gasteiger partial charge in [-0.3, -0.25) is 4.79 Å². The van der Waals surface area contributed by atoms with E-state index in [1.165, 1.54) is 6.33 Å². The third-order valence-corrected chi connectivity index (χ3v) is 3.70. The molecule has 22 heavy (non-hydrogen) atoms. The number of halogens is 1. The van der Waals surface area contributed by atoms with Gasteiger partial charge in [-0.25, -0.2) is 9.97 Å². The third kappa shape index (κ3) is 4.53. The number of benzene rings is 1. The summed E-state index contributed by atoms with van der Waals surface area (Å²) < 4.78 is 0.910. The maximum absolute atomic E-state index is 12.3. The van der Waals surface area contributed by atoms with E-state index in [4.69, 9.17) is 0 Å². The lowest BCUT2D eigenvalue weighted by Gasteiger charge is -2.17. The fraction of sp³-hybridized carbons (Fsp3) is 0.312. The molecule has 2 aromatic rings. The zero-order valence-corrected chi connectivity index (χ0v) is 14.3. The molecule has 6 heteroatoms. The van der Waals surface area contributed by atoms with E-state index in [2.05, 4.69) is 38.1 Å². The van der Waals surface area contributed by atoms with Crippen molar-refractivity contribution in [2.75, 3.05) is 23.8 Å². The number of hydrogen-bond donors (Lipinski definition) is 1. The summed E-state index contributed by atoms with van der Waals surface area (Å²) in [6, 6.07) is 9.15. The molecule has 0 aliphatic heterocycles. The van der Waals surface area contributed by atoms with Crippen molar-refractivity contribution in [1.82, 2.24) is 9.97 Å². The van der Waals surface area contributed by atoms with Gasteiger partial charge in [-0.15, -0.1) is 0 Å². The van der Waals surface area contributed by atoms with E-state index in [1.807, 2.05) is 36.2 Å². The van der Waals surface area contributed by atoms with Crippen LogP contribution in [-0.4, -0.2) is 29.5 Å². The Morgan fingerprint density at radius 1 is 1.32 bits per heavy atom. The van der Waals surface area contributed by atoms with Crippen LogP contribution >= 0.6 is 15.9 Å². The second kappa shape index (κ2) is 7.89. The average molecular weight is 363 g/mol. The maximum Gasteiger partial charge on any atom is 0.274 e. The molecule has 116 valence electrons. The fourth-order valence-corrected chi connectivity index (χ4v) is 2.35. The molecule has 1 aromatic heterocycles. The lowest BCUT2D eigenvalue weighted by atomic mass is 10.3. The van der Waals surface area contributed by atoms with E-state index in [0.29, 0.717) is 5.69 Å². The van der Waals surface area contributed by atoms with Crippen molar-refractivity contribution in [2.45, 2.75) is 19.8 Å². The summed E-state index contributed by atoms with van der Waals surface area (Å²) >= 11 is 3.38. The van der Waals surface area contributed by atoms with Gasteiger partial charge in [-0.1, -0.05) is 35.3 Å². The molecule has 2 rings (SSSR count). The molecule has 1 aromatic carbocycles. The number of amides is 1. The van der Waals surface area contributed by atoms with Gasteiger partial charge in [0.1, 0.15) is 17.8 Å². The summed E-state index contributed by atoms with van der Waals surface area (Å²) in [5, 5.41) is 2.83. The minimum Gasteiger partial charge on any atom is -0.360 e. The first-order chi connectivity index (χ1) is 10.6. The van der Waals surface area contributed by atoms with Gasteiger partial charge in [0.25, 0.3) is 5.91 Å². The van der Waals surface area contributed by atoms with Gasteiger partial charge in [0.15, 0.2) is 0 Å². The molecule has 0 bridgehead atoms. The van der Waals surface area contributed by atoms with Crippen molar-refractivity contribution < 1.29 is 4.79 Å². The lowest BCUT2D eigenvalue weighted by molar-refractivity contribution is 0.102. The molecule has 0 unspecified atom stereocenters. The number of hydrogen-bond acceptors (Lipinski definition) is 4. The Labute approximate surface area is 138 Å². The van der Waals surface area contributed by atoms with Gasteiger partial charge >= 0.3 is 0 Å². The van der Waals surface area contributed by atoms with Crippen molar-refractivity contribution in [2.24, 2.45) is 0 Å². The average Bonchev–Trinajstić information content (AvgIpc) is 2.52. The Morgan fingerprint density at radius 2 is 2.14 bits per heavy atom. The molecule has 5 nitrogen and oxygen atoms in total. The van der Waals surface area contributed by atoms with Gasteiger partial charge in [0.05, 0.1) is 0 Å². The highest BCUT2D eigenvalue weighted by Crippen LogP contribution is 2.17. The Kier molecular flexibility index (Phi) is 5.89. The summed E-state index contributed by atoms with van der Waals surface area (Å²) in [5.41, 5.74) is 1.08. The summed E-state index contributed by atoms with van der Waals surface area (Å²) in [6.45, 7) is 3.05. The van der Waals surface area contributed by atoms with Gasteiger partial charge < -0.3 is 10.2 Å². The smallest absolute Gasteiger partial charge is 0.274 e. The molecule has 0 saturated carbocycles. The highest BCUT2D eigenvalue weighted by Gasteiger charge is 2.11. The van der Waals surface area contributed by atoms with Crippen LogP contribution in [0.25, 0.3) is 0 Å². The maximum atomic E-state index is 12.3. The second-order valence-corrected chi connectivity index (χ2v) is 5.92. The van der Waals surface area contributed by atoms with E-state index in [-0.39, 0.29) is 5.91 Å². The van der Waals surface area contributed by atoms with Crippen LogP contribution in [0.15, 0.2) is 41.1 Å². The largest absolute Gasteiger partial charge is 0.360 e. The van der Waals surface area contributed by atoms with E-state index >= 15 is 0 Å². The molecular weight excluding hydrogens is 344 g/mol. The normalized spacial score (nSPS) is 10.3. The first kappa shape index (κ1) is 16.4. The Hall–Kier alpha value is -1.95. The van der Waals surface area contributed by atoms with E-state index < -0.39 is 0 Å². The van der Waals surface area contributed by atoms with Crippen molar-refractivity contribution in [3.8, 4) is 0 Å². The molecule has 0 atom stereocenters. The van der Waals surface area contributed by atoms with Crippen LogP contribution in [-0.2, 0) is 0 Å². The molecule has 1 heterocycles. The minimum absolute atomic E-state index is 0.245. The zero-order valence-electron chi connectivity index (χ0n) is 12.7. The molecule has 0 aliphatic rings. The Balaban J connectivity index is 2.10. The van der Waals surface area contributed by atoms with Crippen LogP contribution in [0.2, 0.25) is 0 Å². The lowest BCUT2D eigenvalue weighted by Crippen LogP contribution is -2.21. The molecule has 0 radical (unpaired) electrons. The topological polar surface area (TPSA) is 58.1 Å². The number of carbonyl (C=O) groups is 1. The predicted octanol–water partition coefficient (Wildman–Crippen LogP) is 3.73. The summed E-state index contributed by atoms with van der Waals surface area (Å²) in [5.74, 6) is 0.508. The molecule has 1 amide bonds. The SMILES string of the molecule is CCCCN(C)c1cc(C(=O)Nc2cccc(Br)c2)ncn1. The standard InChI is InChI=1S/C16H19BrN4O/c1-3-4-8-21(2)15-10-14(18-11-19-15)16(22)20-13-7-5-6-12(17)9-13/h5-7,9-11H,3-4,8H2,1-2H3,(H,20,22). The quantitative estimate of drug-likeness (QED) is 0.850. The number of nitrogens with one attached hydrogen (secondary N) is 1. The minimum atomic E-state index is -0.245. The number of anilines is 2.